The number of nitrogens with two attached hydrogens (primary N) is 1. The van der Waals surface area contributed by atoms with Crippen LogP contribution in [0.15, 0.2) is 23.4 Å². The molecule has 0 aliphatic carbocycles. The van der Waals surface area contributed by atoms with Crippen LogP contribution < -0.4 is 5.73 Å². The van der Waals surface area contributed by atoms with Gasteiger partial charge >= 0.3 is 0 Å². The van der Waals surface area contributed by atoms with Crippen LogP contribution in [0.2, 0.25) is 0 Å². The number of nitrogens with zero attached hydrogens (tertiary/aromatic N) is 2. The molecular formula is C11H12N4OS. The number of anilines is 1. The second-order valence-electron chi connectivity index (χ2n) is 3.63. The van der Waals surface area contributed by atoms with Gasteiger partial charge in [-0.1, -0.05) is 0 Å². The SMILES string of the molecule is N#CCCCS(=O)c1nc2ccc(N)cc2[nH]1. The summed E-state index contributed by atoms with van der Waals surface area (Å²) >= 11 is 0. The molecule has 0 aliphatic heterocycles. The maximum atomic E-state index is 11.9. The smallest absolute Gasteiger partial charge is 0.197 e. The number of hydrogen-bond acceptors (Lipinski definition) is 4. The maximum Gasteiger partial charge on any atom is 0.197 e. The van der Waals surface area contributed by atoms with Gasteiger partial charge < -0.3 is 10.7 Å². The Bertz CT molecular complexity index is 599. The Morgan fingerprint density at radius 1 is 1.53 bits per heavy atom. The number of nitriles is 1. The number of H-pyrrole nitrogens is 1. The lowest BCUT2D eigenvalue weighted by Gasteiger charge is -1.94. The highest BCUT2D eigenvalue weighted by molar-refractivity contribution is 7.84. The fourth-order valence-electron chi connectivity index (χ4n) is 1.49. The van der Waals surface area contributed by atoms with Crippen LogP contribution in [-0.2, 0) is 10.8 Å². The lowest BCUT2D eigenvalue weighted by Crippen LogP contribution is -1.99. The summed E-state index contributed by atoms with van der Waals surface area (Å²) in [4.78, 5) is 7.23. The highest BCUT2D eigenvalue weighted by Crippen LogP contribution is 2.16. The molecule has 88 valence electrons. The zero-order valence-corrected chi connectivity index (χ0v) is 9.96. The van der Waals surface area contributed by atoms with Gasteiger partial charge in [-0.25, -0.2) is 4.98 Å². The van der Waals surface area contributed by atoms with Gasteiger partial charge in [0.2, 0.25) is 0 Å². The Balaban J connectivity index is 2.19. The van der Waals surface area contributed by atoms with Gasteiger partial charge in [-0.05, 0) is 24.6 Å². The topological polar surface area (TPSA) is 95.6 Å². The van der Waals surface area contributed by atoms with Crippen LogP contribution in [0.5, 0.6) is 0 Å². The molecule has 2 aromatic rings. The summed E-state index contributed by atoms with van der Waals surface area (Å²) in [6, 6.07) is 7.33. The Morgan fingerprint density at radius 3 is 3.12 bits per heavy atom. The van der Waals surface area contributed by atoms with Crippen molar-refractivity contribution in [3.05, 3.63) is 18.2 Å². The van der Waals surface area contributed by atoms with Crippen molar-refractivity contribution >= 4 is 27.5 Å². The van der Waals surface area contributed by atoms with Crippen LogP contribution in [0.4, 0.5) is 5.69 Å². The highest BCUT2D eigenvalue weighted by Gasteiger charge is 2.09. The molecule has 1 aromatic carbocycles. The summed E-state index contributed by atoms with van der Waals surface area (Å²) in [5.74, 6) is 0.447. The van der Waals surface area contributed by atoms with Gasteiger partial charge in [0.25, 0.3) is 0 Å². The van der Waals surface area contributed by atoms with Crippen molar-refractivity contribution in [2.75, 3.05) is 11.5 Å². The van der Waals surface area contributed by atoms with Gasteiger partial charge in [-0.2, -0.15) is 5.26 Å². The molecule has 1 aromatic heterocycles. The lowest BCUT2D eigenvalue weighted by atomic mass is 10.3. The minimum atomic E-state index is -1.18. The standard InChI is InChI=1S/C11H12N4OS/c12-5-1-2-6-17(16)11-14-9-4-3-8(13)7-10(9)15-11/h3-4,7H,1-2,6,13H2,(H,14,15). The fourth-order valence-corrected chi connectivity index (χ4v) is 2.51. The molecule has 0 spiro atoms. The molecule has 0 bridgehead atoms. The summed E-state index contributed by atoms with van der Waals surface area (Å²) in [6.45, 7) is 0. The number of hydrogen-bond donors (Lipinski definition) is 2. The second kappa shape index (κ2) is 4.97. The summed E-state index contributed by atoms with van der Waals surface area (Å²) in [5, 5.41) is 8.86. The molecule has 1 heterocycles. The van der Waals surface area contributed by atoms with Crippen LogP contribution in [0.25, 0.3) is 11.0 Å². The third-order valence-corrected chi connectivity index (χ3v) is 3.60. The van der Waals surface area contributed by atoms with E-state index in [9.17, 15) is 4.21 Å². The van der Waals surface area contributed by atoms with E-state index in [1.807, 2.05) is 6.07 Å². The predicted octanol–water partition coefficient (Wildman–Crippen LogP) is 1.56. The predicted molar refractivity (Wildman–Crippen MR) is 66.6 cm³/mol. The van der Waals surface area contributed by atoms with Gasteiger partial charge in [-0.15, -0.1) is 0 Å². The molecule has 17 heavy (non-hydrogen) atoms. The summed E-state index contributed by atoms with van der Waals surface area (Å²) in [7, 11) is -1.18. The summed E-state index contributed by atoms with van der Waals surface area (Å²) < 4.78 is 11.9. The monoisotopic (exact) mass is 248 g/mol. The Labute approximate surface area is 101 Å². The molecule has 6 heteroatoms. The fraction of sp³-hybridized carbons (Fsp3) is 0.273. The van der Waals surface area contributed by atoms with E-state index in [1.54, 1.807) is 18.2 Å². The quantitative estimate of drug-likeness (QED) is 0.634. The van der Waals surface area contributed by atoms with E-state index < -0.39 is 10.8 Å². The first-order valence-electron chi connectivity index (χ1n) is 5.21. The van der Waals surface area contributed by atoms with Crippen molar-refractivity contribution in [1.29, 1.82) is 5.26 Å². The highest BCUT2D eigenvalue weighted by atomic mass is 32.2. The molecule has 0 radical (unpaired) electrons. The lowest BCUT2D eigenvalue weighted by molar-refractivity contribution is 0.675. The normalized spacial score (nSPS) is 12.4. The van der Waals surface area contributed by atoms with Crippen LogP contribution in [-0.4, -0.2) is 19.9 Å². The molecular weight excluding hydrogens is 236 g/mol. The minimum Gasteiger partial charge on any atom is -0.399 e. The third-order valence-electron chi connectivity index (χ3n) is 2.32. The molecule has 0 saturated carbocycles. The molecule has 0 amide bonds. The number of aromatic nitrogens is 2. The Morgan fingerprint density at radius 2 is 2.35 bits per heavy atom. The van der Waals surface area contributed by atoms with Crippen LogP contribution >= 0.6 is 0 Å². The van der Waals surface area contributed by atoms with Crippen molar-refractivity contribution in [2.45, 2.75) is 18.0 Å². The minimum absolute atomic E-state index is 0.416. The van der Waals surface area contributed by atoms with Gasteiger partial charge in [0.15, 0.2) is 5.16 Å². The van der Waals surface area contributed by atoms with E-state index in [0.717, 1.165) is 11.0 Å². The van der Waals surface area contributed by atoms with E-state index in [-0.39, 0.29) is 0 Å². The molecule has 3 N–H and O–H groups in total. The number of benzene rings is 1. The van der Waals surface area contributed by atoms with Crippen molar-refractivity contribution < 1.29 is 4.21 Å². The molecule has 0 saturated heterocycles. The van der Waals surface area contributed by atoms with Gasteiger partial charge in [0, 0.05) is 17.9 Å². The average Bonchev–Trinajstić information content (AvgIpc) is 2.72. The zero-order valence-electron chi connectivity index (χ0n) is 9.14. The second-order valence-corrected chi connectivity index (χ2v) is 5.12. The molecule has 0 fully saturated rings. The van der Waals surface area contributed by atoms with E-state index in [0.29, 0.717) is 29.4 Å². The first-order chi connectivity index (χ1) is 8.20. The Kier molecular flexibility index (Phi) is 3.40. The van der Waals surface area contributed by atoms with E-state index in [1.165, 1.54) is 0 Å². The van der Waals surface area contributed by atoms with Crippen LogP contribution in [0.1, 0.15) is 12.8 Å². The van der Waals surface area contributed by atoms with Crippen molar-refractivity contribution in [2.24, 2.45) is 0 Å². The van der Waals surface area contributed by atoms with Crippen LogP contribution in [0, 0.1) is 11.3 Å². The number of nitrogens with one attached hydrogen (secondary N) is 1. The third kappa shape index (κ3) is 2.63. The number of rotatable bonds is 4. The van der Waals surface area contributed by atoms with Crippen molar-refractivity contribution in [3.8, 4) is 6.07 Å². The first-order valence-corrected chi connectivity index (χ1v) is 6.53. The molecule has 1 atom stereocenters. The molecule has 0 aliphatic rings. The van der Waals surface area contributed by atoms with E-state index in [2.05, 4.69) is 9.97 Å². The number of imidazole rings is 1. The summed E-state index contributed by atoms with van der Waals surface area (Å²) in [6.07, 6.45) is 1.03. The number of unbranched alkanes of at least 4 members (excludes halogenated alkanes) is 1. The van der Waals surface area contributed by atoms with Crippen LogP contribution in [0.3, 0.4) is 0 Å². The largest absolute Gasteiger partial charge is 0.399 e. The maximum absolute atomic E-state index is 11.9. The molecule has 5 nitrogen and oxygen atoms in total. The number of fused-ring (bicyclic) bond motifs is 1. The zero-order chi connectivity index (χ0) is 12.3. The van der Waals surface area contributed by atoms with E-state index in [4.69, 9.17) is 11.0 Å². The van der Waals surface area contributed by atoms with Crippen molar-refractivity contribution in [3.63, 3.8) is 0 Å². The van der Waals surface area contributed by atoms with Gasteiger partial charge in [0.1, 0.15) is 0 Å². The number of nitrogen functional groups attached to an aromatic ring is 1. The van der Waals surface area contributed by atoms with Gasteiger partial charge in [-0.3, -0.25) is 4.21 Å². The average molecular weight is 248 g/mol. The first kappa shape index (κ1) is 11.6. The van der Waals surface area contributed by atoms with E-state index >= 15 is 0 Å². The number of aromatic amines is 1. The van der Waals surface area contributed by atoms with Gasteiger partial charge in [0.05, 0.1) is 27.9 Å². The Hall–Kier alpha value is -1.87. The molecule has 1 unspecified atom stereocenters. The summed E-state index contributed by atoms with van der Waals surface area (Å²) in [5.41, 5.74) is 7.83. The van der Waals surface area contributed by atoms with Crippen molar-refractivity contribution in [1.82, 2.24) is 9.97 Å². The molecule has 2 rings (SSSR count).